The normalized spacial score (nSPS) is 18.1. The Morgan fingerprint density at radius 3 is 3.44 bits per heavy atom. The smallest absolute Gasteiger partial charge is 0.0863 e. The lowest BCUT2D eigenvalue weighted by Gasteiger charge is -1.96. The largest absolute Gasteiger partial charge is 0.353 e. The highest BCUT2D eigenvalue weighted by molar-refractivity contribution is 5.56. The fraction of sp³-hybridized carbons (Fsp3) is 0.571. The summed E-state index contributed by atoms with van der Waals surface area (Å²) in [6, 6.07) is 0. The third kappa shape index (κ3) is 1.88. The van der Waals surface area contributed by atoms with Crippen molar-refractivity contribution in [2.24, 2.45) is 4.99 Å². The van der Waals surface area contributed by atoms with Gasteiger partial charge in [-0.2, -0.15) is 0 Å². The summed E-state index contributed by atoms with van der Waals surface area (Å²) in [4.78, 5) is 4.08. The molecule has 1 aliphatic rings. The fourth-order valence-electron chi connectivity index (χ4n) is 0.832. The van der Waals surface area contributed by atoms with E-state index in [1.54, 1.807) is 6.34 Å². The molecule has 0 spiro atoms. The van der Waals surface area contributed by atoms with Crippen molar-refractivity contribution in [1.82, 2.24) is 5.32 Å². The Morgan fingerprint density at radius 1 is 1.78 bits per heavy atom. The van der Waals surface area contributed by atoms with E-state index < -0.39 is 0 Å². The maximum atomic E-state index is 4.08. The standard InChI is InChI=1S/C7H12N2/c1-2-7-3-4-8-6-9-5-7/h5-6H,2-4H2,1H3,(H,8,9). The number of nitrogens with one attached hydrogen (secondary N) is 1. The highest BCUT2D eigenvalue weighted by atomic mass is 14.9. The summed E-state index contributed by atoms with van der Waals surface area (Å²) in [5.41, 5.74) is 1.45. The molecular weight excluding hydrogens is 112 g/mol. The Hall–Kier alpha value is -0.790. The Kier molecular flexibility index (Phi) is 2.31. The number of aliphatic imine (C=N–C) groups is 1. The van der Waals surface area contributed by atoms with Gasteiger partial charge in [-0.25, -0.2) is 0 Å². The van der Waals surface area contributed by atoms with Crippen LogP contribution in [0.5, 0.6) is 0 Å². The van der Waals surface area contributed by atoms with Crippen molar-refractivity contribution < 1.29 is 0 Å². The van der Waals surface area contributed by atoms with Crippen LogP contribution in [0.3, 0.4) is 0 Å². The monoisotopic (exact) mass is 124 g/mol. The first kappa shape index (κ1) is 6.33. The predicted octanol–water partition coefficient (Wildman–Crippen LogP) is 1.30. The molecule has 0 aliphatic carbocycles. The van der Waals surface area contributed by atoms with Gasteiger partial charge in [0.15, 0.2) is 0 Å². The summed E-state index contributed by atoms with van der Waals surface area (Å²) in [7, 11) is 0. The van der Waals surface area contributed by atoms with Crippen LogP contribution in [0.2, 0.25) is 0 Å². The number of hydrogen-bond acceptors (Lipinski definition) is 2. The summed E-state index contributed by atoms with van der Waals surface area (Å²) in [6.45, 7) is 3.10. The van der Waals surface area contributed by atoms with Crippen LogP contribution >= 0.6 is 0 Å². The van der Waals surface area contributed by atoms with Crippen LogP contribution in [-0.2, 0) is 0 Å². The molecule has 1 rings (SSSR count). The summed E-state index contributed by atoms with van der Waals surface area (Å²) in [5.74, 6) is 0. The topological polar surface area (TPSA) is 24.4 Å². The van der Waals surface area contributed by atoms with Crippen LogP contribution in [0.25, 0.3) is 0 Å². The second-order valence-electron chi connectivity index (χ2n) is 2.11. The highest BCUT2D eigenvalue weighted by Crippen LogP contribution is 2.05. The van der Waals surface area contributed by atoms with E-state index in [1.165, 1.54) is 5.57 Å². The van der Waals surface area contributed by atoms with Crippen LogP contribution < -0.4 is 5.32 Å². The molecule has 0 saturated carbocycles. The molecule has 0 bridgehead atoms. The van der Waals surface area contributed by atoms with Gasteiger partial charge in [0.25, 0.3) is 0 Å². The van der Waals surface area contributed by atoms with Crippen LogP contribution in [0.4, 0.5) is 0 Å². The Labute approximate surface area is 55.7 Å². The van der Waals surface area contributed by atoms with E-state index in [0.29, 0.717) is 0 Å². The van der Waals surface area contributed by atoms with Gasteiger partial charge in [0, 0.05) is 12.7 Å². The zero-order valence-electron chi connectivity index (χ0n) is 5.72. The van der Waals surface area contributed by atoms with Gasteiger partial charge in [-0.15, -0.1) is 0 Å². The van der Waals surface area contributed by atoms with E-state index >= 15 is 0 Å². The van der Waals surface area contributed by atoms with E-state index in [-0.39, 0.29) is 0 Å². The van der Waals surface area contributed by atoms with Crippen LogP contribution in [-0.4, -0.2) is 12.9 Å². The second-order valence-corrected chi connectivity index (χ2v) is 2.11. The van der Waals surface area contributed by atoms with Crippen molar-refractivity contribution in [1.29, 1.82) is 0 Å². The Balaban J connectivity index is 2.45. The molecule has 2 nitrogen and oxygen atoms in total. The van der Waals surface area contributed by atoms with Crippen LogP contribution in [0.15, 0.2) is 16.8 Å². The van der Waals surface area contributed by atoms with Gasteiger partial charge < -0.3 is 5.32 Å². The average Bonchev–Trinajstić information content (AvgIpc) is 2.13. The maximum Gasteiger partial charge on any atom is 0.0863 e. The van der Waals surface area contributed by atoms with Crippen molar-refractivity contribution in [3.63, 3.8) is 0 Å². The van der Waals surface area contributed by atoms with Gasteiger partial charge in [0.05, 0.1) is 6.34 Å². The highest BCUT2D eigenvalue weighted by Gasteiger charge is 1.94. The van der Waals surface area contributed by atoms with Crippen molar-refractivity contribution >= 4 is 6.34 Å². The second kappa shape index (κ2) is 3.28. The SMILES string of the molecule is CCC1=CNC=NCC1. The average molecular weight is 124 g/mol. The fourth-order valence-corrected chi connectivity index (χ4v) is 0.832. The van der Waals surface area contributed by atoms with Crippen molar-refractivity contribution in [3.05, 3.63) is 11.8 Å². The summed E-state index contributed by atoms with van der Waals surface area (Å²) < 4.78 is 0. The molecule has 0 fully saturated rings. The molecule has 1 aliphatic heterocycles. The summed E-state index contributed by atoms with van der Waals surface area (Å²) in [5, 5.41) is 2.99. The van der Waals surface area contributed by atoms with E-state index in [9.17, 15) is 0 Å². The molecule has 0 atom stereocenters. The van der Waals surface area contributed by atoms with Crippen molar-refractivity contribution in [2.45, 2.75) is 19.8 Å². The lowest BCUT2D eigenvalue weighted by molar-refractivity contribution is 0.901. The maximum absolute atomic E-state index is 4.08. The van der Waals surface area contributed by atoms with Crippen molar-refractivity contribution in [2.75, 3.05) is 6.54 Å². The molecule has 2 heteroatoms. The van der Waals surface area contributed by atoms with Crippen molar-refractivity contribution in [3.8, 4) is 0 Å². The Morgan fingerprint density at radius 2 is 2.67 bits per heavy atom. The number of rotatable bonds is 1. The molecule has 50 valence electrons. The third-order valence-electron chi connectivity index (χ3n) is 1.47. The van der Waals surface area contributed by atoms with Crippen LogP contribution in [0, 0.1) is 0 Å². The molecule has 9 heavy (non-hydrogen) atoms. The quantitative estimate of drug-likeness (QED) is 0.560. The lowest BCUT2D eigenvalue weighted by atomic mass is 10.1. The molecule has 0 radical (unpaired) electrons. The molecular formula is C7H12N2. The minimum Gasteiger partial charge on any atom is -0.353 e. The third-order valence-corrected chi connectivity index (χ3v) is 1.47. The molecule has 0 aromatic rings. The molecule has 0 amide bonds. The predicted molar refractivity (Wildman–Crippen MR) is 39.5 cm³/mol. The van der Waals surface area contributed by atoms with E-state index in [0.717, 1.165) is 19.4 Å². The molecule has 0 saturated heterocycles. The van der Waals surface area contributed by atoms with Gasteiger partial charge in [-0.3, -0.25) is 4.99 Å². The van der Waals surface area contributed by atoms with Gasteiger partial charge in [-0.05, 0) is 12.8 Å². The van der Waals surface area contributed by atoms with Gasteiger partial charge in [0.1, 0.15) is 0 Å². The van der Waals surface area contributed by atoms with Gasteiger partial charge in [0.2, 0.25) is 0 Å². The number of nitrogens with zero attached hydrogens (tertiary/aromatic N) is 1. The molecule has 1 heterocycles. The molecule has 0 aromatic carbocycles. The molecule has 0 unspecified atom stereocenters. The minimum absolute atomic E-state index is 0.937. The summed E-state index contributed by atoms with van der Waals surface area (Å²) >= 11 is 0. The first-order chi connectivity index (χ1) is 4.43. The first-order valence-electron chi connectivity index (χ1n) is 3.35. The zero-order chi connectivity index (χ0) is 6.53. The van der Waals surface area contributed by atoms with Gasteiger partial charge in [-0.1, -0.05) is 12.5 Å². The Bertz CT molecular complexity index is 136. The van der Waals surface area contributed by atoms with E-state index in [2.05, 4.69) is 17.2 Å². The minimum atomic E-state index is 0.937. The van der Waals surface area contributed by atoms with E-state index in [1.807, 2.05) is 6.20 Å². The lowest BCUT2D eigenvalue weighted by Crippen LogP contribution is -1.99. The first-order valence-corrected chi connectivity index (χ1v) is 3.35. The molecule has 1 N–H and O–H groups in total. The molecule has 0 aromatic heterocycles. The number of hydrogen-bond donors (Lipinski definition) is 1. The van der Waals surface area contributed by atoms with Crippen LogP contribution in [0.1, 0.15) is 19.8 Å². The van der Waals surface area contributed by atoms with E-state index in [4.69, 9.17) is 0 Å². The summed E-state index contributed by atoms with van der Waals surface area (Å²) in [6.07, 6.45) is 6.04. The van der Waals surface area contributed by atoms with Gasteiger partial charge >= 0.3 is 0 Å². The zero-order valence-corrected chi connectivity index (χ0v) is 5.72.